The summed E-state index contributed by atoms with van der Waals surface area (Å²) < 4.78 is 0. The van der Waals surface area contributed by atoms with Gasteiger partial charge in [0.25, 0.3) is 11.8 Å². The molecule has 6 nitrogen and oxygen atoms in total. The Kier molecular flexibility index (Phi) is 4.17. The molecule has 2 heterocycles. The monoisotopic (exact) mass is 324 g/mol. The average molecular weight is 324 g/mol. The lowest BCUT2D eigenvalue weighted by Gasteiger charge is -2.27. The highest BCUT2D eigenvalue weighted by molar-refractivity contribution is 6.24. The van der Waals surface area contributed by atoms with E-state index in [0.717, 1.165) is 11.3 Å². The van der Waals surface area contributed by atoms with Gasteiger partial charge in [-0.15, -0.1) is 0 Å². The lowest BCUT2D eigenvalue weighted by molar-refractivity contribution is -0.136. The summed E-state index contributed by atoms with van der Waals surface area (Å²) in [5.41, 5.74) is 0.998. The van der Waals surface area contributed by atoms with Crippen LogP contribution in [0.15, 0.2) is 18.2 Å². The summed E-state index contributed by atoms with van der Waals surface area (Å²) in [6.07, 6.45) is 1.85. The van der Waals surface area contributed by atoms with Gasteiger partial charge < -0.3 is 0 Å². The highest BCUT2D eigenvalue weighted by atomic mass is 16.2. The number of benzene rings is 1. The molecule has 122 valence electrons. The number of imide groups is 2. The molecule has 0 aliphatic carbocycles. The maximum Gasteiger partial charge on any atom is 0.263 e. The second-order valence-corrected chi connectivity index (χ2v) is 5.73. The number of nitrogens with one attached hydrogen (secondary N) is 1. The molecule has 0 saturated carbocycles. The van der Waals surface area contributed by atoms with Gasteiger partial charge in [-0.1, -0.05) is 24.8 Å². The van der Waals surface area contributed by atoms with E-state index in [1.807, 2.05) is 6.92 Å². The van der Waals surface area contributed by atoms with Gasteiger partial charge in [0.05, 0.1) is 11.1 Å². The van der Waals surface area contributed by atoms with E-state index < -0.39 is 23.8 Å². The topological polar surface area (TPSA) is 83.6 Å². The Morgan fingerprint density at radius 3 is 2.71 bits per heavy atom. The predicted octanol–water partition coefficient (Wildman–Crippen LogP) is 1.24. The van der Waals surface area contributed by atoms with Crippen LogP contribution in [-0.2, 0) is 9.59 Å². The van der Waals surface area contributed by atoms with Gasteiger partial charge >= 0.3 is 0 Å². The number of carbonyl (C=O) groups excluding carboxylic acids is 4. The SMILES string of the molecule is CCCC#Cc1cccc2c1C(=O)N(C1CCC(=O)NC1=O)C2=O. The smallest absolute Gasteiger partial charge is 0.263 e. The van der Waals surface area contributed by atoms with Gasteiger partial charge in [-0.25, -0.2) is 0 Å². The molecule has 2 aliphatic rings. The molecule has 24 heavy (non-hydrogen) atoms. The van der Waals surface area contributed by atoms with Gasteiger partial charge in [0.1, 0.15) is 6.04 Å². The Morgan fingerprint density at radius 2 is 2.00 bits per heavy atom. The first-order valence-corrected chi connectivity index (χ1v) is 7.88. The van der Waals surface area contributed by atoms with Gasteiger partial charge in [0, 0.05) is 18.4 Å². The normalized spacial score (nSPS) is 19.7. The molecular weight excluding hydrogens is 308 g/mol. The maximum absolute atomic E-state index is 12.8. The summed E-state index contributed by atoms with van der Waals surface area (Å²) in [6, 6.07) is 3.98. The molecule has 1 N–H and O–H groups in total. The van der Waals surface area contributed by atoms with Crippen LogP contribution in [-0.4, -0.2) is 34.6 Å². The molecule has 1 aromatic rings. The minimum atomic E-state index is -0.952. The Labute approximate surface area is 139 Å². The number of rotatable bonds is 2. The van der Waals surface area contributed by atoms with Crippen molar-refractivity contribution in [3.63, 3.8) is 0 Å². The van der Waals surface area contributed by atoms with Crippen molar-refractivity contribution in [3.05, 3.63) is 34.9 Å². The van der Waals surface area contributed by atoms with Gasteiger partial charge in [0.2, 0.25) is 11.8 Å². The Morgan fingerprint density at radius 1 is 1.21 bits per heavy atom. The first-order chi connectivity index (χ1) is 11.5. The molecular formula is C18H16N2O4. The van der Waals surface area contributed by atoms with E-state index in [1.165, 1.54) is 0 Å². The minimum Gasteiger partial charge on any atom is -0.295 e. The zero-order valence-corrected chi connectivity index (χ0v) is 13.2. The third kappa shape index (κ3) is 2.58. The third-order valence-corrected chi connectivity index (χ3v) is 4.07. The number of hydrogen-bond acceptors (Lipinski definition) is 4. The van der Waals surface area contributed by atoms with Crippen LogP contribution in [0, 0.1) is 11.8 Å². The molecule has 6 heteroatoms. The molecule has 0 bridgehead atoms. The summed E-state index contributed by atoms with van der Waals surface area (Å²) in [6.45, 7) is 2.00. The fraction of sp³-hybridized carbons (Fsp3) is 0.333. The molecule has 4 amide bonds. The van der Waals surface area contributed by atoms with Crippen LogP contribution < -0.4 is 5.32 Å². The summed E-state index contributed by atoms with van der Waals surface area (Å²) in [5.74, 6) is 3.87. The molecule has 1 aromatic carbocycles. The van der Waals surface area contributed by atoms with E-state index in [1.54, 1.807) is 18.2 Å². The van der Waals surface area contributed by atoms with Crippen LogP contribution in [0.2, 0.25) is 0 Å². The summed E-state index contributed by atoms with van der Waals surface area (Å²) in [7, 11) is 0. The van der Waals surface area contributed by atoms with Crippen molar-refractivity contribution in [3.8, 4) is 11.8 Å². The van der Waals surface area contributed by atoms with E-state index in [-0.39, 0.29) is 29.9 Å². The van der Waals surface area contributed by atoms with Crippen LogP contribution in [0.25, 0.3) is 0 Å². The fourth-order valence-corrected chi connectivity index (χ4v) is 2.90. The molecule has 2 aliphatic heterocycles. The highest BCUT2D eigenvalue weighted by Gasteiger charge is 2.45. The lowest BCUT2D eigenvalue weighted by atomic mass is 10.0. The van der Waals surface area contributed by atoms with Crippen LogP contribution in [0.3, 0.4) is 0 Å². The maximum atomic E-state index is 12.8. The molecule has 1 fully saturated rings. The zero-order chi connectivity index (χ0) is 17.3. The molecule has 1 unspecified atom stereocenters. The number of fused-ring (bicyclic) bond motifs is 1. The van der Waals surface area contributed by atoms with Crippen LogP contribution >= 0.6 is 0 Å². The van der Waals surface area contributed by atoms with Gasteiger partial charge in [-0.2, -0.15) is 0 Å². The summed E-state index contributed by atoms with van der Waals surface area (Å²) in [5, 5.41) is 2.18. The van der Waals surface area contributed by atoms with Gasteiger partial charge in [0.15, 0.2) is 0 Å². The Balaban J connectivity index is 1.97. The Bertz CT molecular complexity index is 816. The van der Waals surface area contributed by atoms with E-state index in [2.05, 4.69) is 17.2 Å². The van der Waals surface area contributed by atoms with Gasteiger partial charge in [-0.3, -0.25) is 29.4 Å². The first-order valence-electron chi connectivity index (χ1n) is 7.88. The average Bonchev–Trinajstić information content (AvgIpc) is 2.81. The highest BCUT2D eigenvalue weighted by Crippen LogP contribution is 2.29. The number of amides is 4. The third-order valence-electron chi connectivity index (χ3n) is 4.07. The standard InChI is InChI=1S/C18H16N2O4/c1-2-3-4-6-11-7-5-8-12-15(11)18(24)20(17(12)23)13-9-10-14(21)19-16(13)22/h5,7-8,13H,2-3,9-10H2,1H3,(H,19,21,22). The molecule has 1 saturated heterocycles. The van der Waals surface area contributed by atoms with Crippen LogP contribution in [0.5, 0.6) is 0 Å². The van der Waals surface area contributed by atoms with Crippen LogP contribution in [0.4, 0.5) is 0 Å². The van der Waals surface area contributed by atoms with E-state index >= 15 is 0 Å². The number of carbonyl (C=O) groups is 4. The van der Waals surface area contributed by atoms with Crippen molar-refractivity contribution in [2.75, 3.05) is 0 Å². The number of piperidine rings is 1. The summed E-state index contributed by atoms with van der Waals surface area (Å²) in [4.78, 5) is 49.6. The van der Waals surface area contributed by atoms with Crippen molar-refractivity contribution in [1.82, 2.24) is 10.2 Å². The second-order valence-electron chi connectivity index (χ2n) is 5.73. The minimum absolute atomic E-state index is 0.104. The zero-order valence-electron chi connectivity index (χ0n) is 13.2. The number of nitrogens with zero attached hydrogens (tertiary/aromatic N) is 1. The van der Waals surface area contributed by atoms with Crippen LogP contribution in [0.1, 0.15) is 58.9 Å². The predicted molar refractivity (Wildman–Crippen MR) is 84.9 cm³/mol. The quantitative estimate of drug-likeness (QED) is 0.655. The van der Waals surface area contributed by atoms with Gasteiger partial charge in [-0.05, 0) is 25.0 Å². The molecule has 0 spiro atoms. The van der Waals surface area contributed by atoms with E-state index in [0.29, 0.717) is 12.0 Å². The number of hydrogen-bond donors (Lipinski definition) is 1. The van der Waals surface area contributed by atoms with Crippen molar-refractivity contribution in [2.45, 2.75) is 38.6 Å². The lowest BCUT2D eigenvalue weighted by Crippen LogP contribution is -2.54. The second kappa shape index (κ2) is 6.28. The molecule has 3 rings (SSSR count). The summed E-state index contributed by atoms with van der Waals surface area (Å²) >= 11 is 0. The number of unbranched alkanes of at least 4 members (excludes halogenated alkanes) is 1. The van der Waals surface area contributed by atoms with E-state index in [4.69, 9.17) is 0 Å². The van der Waals surface area contributed by atoms with Crippen molar-refractivity contribution in [1.29, 1.82) is 0 Å². The fourth-order valence-electron chi connectivity index (χ4n) is 2.90. The molecule has 0 radical (unpaired) electrons. The first kappa shape index (κ1) is 15.9. The largest absolute Gasteiger partial charge is 0.295 e. The van der Waals surface area contributed by atoms with Crippen molar-refractivity contribution >= 4 is 23.6 Å². The van der Waals surface area contributed by atoms with Crippen molar-refractivity contribution < 1.29 is 19.2 Å². The van der Waals surface area contributed by atoms with Crippen molar-refractivity contribution in [2.24, 2.45) is 0 Å². The van der Waals surface area contributed by atoms with E-state index in [9.17, 15) is 19.2 Å². The molecule has 0 aromatic heterocycles. The Hall–Kier alpha value is -2.94. The molecule has 1 atom stereocenters.